The molecule has 0 spiro atoms. The Kier molecular flexibility index (Phi) is 5.42. The second kappa shape index (κ2) is 6.83. The monoisotopic (exact) mass is 253 g/mol. The SMILES string of the molecule is C/C(=C\C(O)=C(/NC=O)C1CCCCC1)C(=O)O. The van der Waals surface area contributed by atoms with Crippen molar-refractivity contribution in [1.29, 1.82) is 0 Å². The summed E-state index contributed by atoms with van der Waals surface area (Å²) in [4.78, 5) is 21.3. The summed E-state index contributed by atoms with van der Waals surface area (Å²) in [6.45, 7) is 1.40. The third-order valence-corrected chi connectivity index (χ3v) is 3.19. The maximum atomic E-state index is 10.7. The quantitative estimate of drug-likeness (QED) is 0.303. The number of carbonyl (C=O) groups excluding carboxylic acids is 1. The molecule has 18 heavy (non-hydrogen) atoms. The van der Waals surface area contributed by atoms with Gasteiger partial charge >= 0.3 is 5.97 Å². The van der Waals surface area contributed by atoms with Crippen molar-refractivity contribution in [2.45, 2.75) is 39.0 Å². The van der Waals surface area contributed by atoms with Gasteiger partial charge in [0.15, 0.2) is 0 Å². The summed E-state index contributed by atoms with van der Waals surface area (Å²) < 4.78 is 0. The molecule has 0 aromatic carbocycles. The molecular formula is C13H19NO4. The number of hydrogen-bond donors (Lipinski definition) is 3. The van der Waals surface area contributed by atoms with Crippen molar-refractivity contribution in [3.63, 3.8) is 0 Å². The lowest BCUT2D eigenvalue weighted by atomic mass is 9.86. The molecule has 0 aromatic rings. The van der Waals surface area contributed by atoms with Crippen LogP contribution < -0.4 is 5.32 Å². The molecule has 1 saturated carbocycles. The topological polar surface area (TPSA) is 86.6 Å². The molecule has 0 aliphatic heterocycles. The van der Waals surface area contributed by atoms with Crippen molar-refractivity contribution in [3.8, 4) is 0 Å². The molecule has 0 atom stereocenters. The minimum absolute atomic E-state index is 0.0357. The highest BCUT2D eigenvalue weighted by atomic mass is 16.4. The smallest absolute Gasteiger partial charge is 0.331 e. The van der Waals surface area contributed by atoms with Gasteiger partial charge in [-0.3, -0.25) is 4.79 Å². The number of carboxylic acids is 1. The summed E-state index contributed by atoms with van der Waals surface area (Å²) in [7, 11) is 0. The Morgan fingerprint density at radius 3 is 2.33 bits per heavy atom. The highest BCUT2D eigenvalue weighted by molar-refractivity contribution is 5.86. The number of hydrogen-bond acceptors (Lipinski definition) is 3. The summed E-state index contributed by atoms with van der Waals surface area (Å²) in [5.74, 6) is -1.15. The van der Waals surface area contributed by atoms with E-state index in [0.29, 0.717) is 12.1 Å². The van der Waals surface area contributed by atoms with E-state index in [1.54, 1.807) is 0 Å². The van der Waals surface area contributed by atoms with Crippen LogP contribution in [-0.2, 0) is 9.59 Å². The van der Waals surface area contributed by atoms with Crippen LogP contribution in [0.5, 0.6) is 0 Å². The first kappa shape index (κ1) is 14.3. The molecule has 100 valence electrons. The van der Waals surface area contributed by atoms with Gasteiger partial charge in [0.2, 0.25) is 6.41 Å². The molecule has 1 aliphatic carbocycles. The lowest BCUT2D eigenvalue weighted by molar-refractivity contribution is -0.132. The number of aliphatic hydroxyl groups is 1. The van der Waals surface area contributed by atoms with Crippen molar-refractivity contribution in [1.82, 2.24) is 5.32 Å². The van der Waals surface area contributed by atoms with E-state index in [4.69, 9.17) is 5.11 Å². The number of aliphatic hydroxyl groups excluding tert-OH is 1. The minimum Gasteiger partial charge on any atom is -0.506 e. The average molecular weight is 253 g/mol. The number of carboxylic acid groups (broad SMARTS) is 1. The number of amides is 1. The van der Waals surface area contributed by atoms with Gasteiger partial charge in [0.1, 0.15) is 5.76 Å². The predicted octanol–water partition coefficient (Wildman–Crippen LogP) is 2.11. The van der Waals surface area contributed by atoms with Crippen LogP contribution in [0.1, 0.15) is 39.0 Å². The summed E-state index contributed by atoms with van der Waals surface area (Å²) in [6.07, 6.45) is 6.79. The number of allylic oxidation sites excluding steroid dienone is 2. The fraction of sp³-hybridized carbons (Fsp3) is 0.538. The Bertz CT molecular complexity index is 378. The first-order chi connectivity index (χ1) is 8.56. The molecular weight excluding hydrogens is 234 g/mol. The lowest BCUT2D eigenvalue weighted by Crippen LogP contribution is -2.23. The van der Waals surface area contributed by atoms with Crippen molar-refractivity contribution in [2.75, 3.05) is 0 Å². The van der Waals surface area contributed by atoms with Gasteiger partial charge in [-0.1, -0.05) is 19.3 Å². The van der Waals surface area contributed by atoms with Crippen LogP contribution in [0.3, 0.4) is 0 Å². The summed E-state index contributed by atoms with van der Waals surface area (Å²) in [5.41, 5.74) is 0.471. The van der Waals surface area contributed by atoms with Crippen LogP contribution in [0.25, 0.3) is 0 Å². The van der Waals surface area contributed by atoms with E-state index in [1.807, 2.05) is 0 Å². The Hall–Kier alpha value is -1.78. The van der Waals surface area contributed by atoms with Crippen molar-refractivity contribution < 1.29 is 19.8 Å². The first-order valence-electron chi connectivity index (χ1n) is 6.11. The predicted molar refractivity (Wildman–Crippen MR) is 66.8 cm³/mol. The molecule has 0 heterocycles. The second-order valence-electron chi connectivity index (χ2n) is 4.53. The van der Waals surface area contributed by atoms with Crippen molar-refractivity contribution in [3.05, 3.63) is 23.1 Å². The average Bonchev–Trinajstić information content (AvgIpc) is 2.36. The van der Waals surface area contributed by atoms with Gasteiger partial charge < -0.3 is 15.5 Å². The summed E-state index contributed by atoms with van der Waals surface area (Å²) in [5, 5.41) is 21.2. The lowest BCUT2D eigenvalue weighted by Gasteiger charge is -2.24. The summed E-state index contributed by atoms with van der Waals surface area (Å²) in [6, 6.07) is 0. The van der Waals surface area contributed by atoms with Crippen LogP contribution in [0, 0.1) is 5.92 Å². The highest BCUT2D eigenvalue weighted by Gasteiger charge is 2.20. The van der Waals surface area contributed by atoms with Gasteiger partial charge in [0.05, 0.1) is 5.70 Å². The molecule has 1 amide bonds. The van der Waals surface area contributed by atoms with Gasteiger partial charge in [0.25, 0.3) is 0 Å². The third kappa shape index (κ3) is 3.91. The zero-order valence-corrected chi connectivity index (χ0v) is 10.5. The van der Waals surface area contributed by atoms with E-state index in [0.717, 1.165) is 32.1 Å². The van der Waals surface area contributed by atoms with E-state index < -0.39 is 5.97 Å². The molecule has 3 N–H and O–H groups in total. The fourth-order valence-electron chi connectivity index (χ4n) is 2.20. The minimum atomic E-state index is -1.09. The molecule has 5 heteroatoms. The van der Waals surface area contributed by atoms with E-state index >= 15 is 0 Å². The van der Waals surface area contributed by atoms with Crippen LogP contribution in [-0.4, -0.2) is 22.6 Å². The maximum absolute atomic E-state index is 10.7. The van der Waals surface area contributed by atoms with Gasteiger partial charge in [0, 0.05) is 11.5 Å². The molecule has 1 aliphatic rings. The maximum Gasteiger partial charge on any atom is 0.331 e. The van der Waals surface area contributed by atoms with Crippen LogP contribution in [0.2, 0.25) is 0 Å². The standard InChI is InChI=1S/C13H19NO4/c1-9(13(17)18)7-11(16)12(14-8-15)10-5-3-2-4-6-10/h7-8,10,16H,2-6H2,1H3,(H,14,15)(H,17,18)/b9-7+,12-11+. The first-order valence-corrected chi connectivity index (χ1v) is 6.11. The molecule has 0 saturated heterocycles. The molecule has 0 aromatic heterocycles. The molecule has 0 radical (unpaired) electrons. The Morgan fingerprint density at radius 1 is 1.22 bits per heavy atom. The van der Waals surface area contributed by atoms with Gasteiger partial charge in [-0.15, -0.1) is 0 Å². The fourth-order valence-corrected chi connectivity index (χ4v) is 2.20. The Balaban J connectivity index is 2.96. The van der Waals surface area contributed by atoms with Crippen molar-refractivity contribution >= 4 is 12.4 Å². The van der Waals surface area contributed by atoms with Gasteiger partial charge in [-0.25, -0.2) is 4.79 Å². The van der Waals surface area contributed by atoms with Gasteiger partial charge in [-0.05, 0) is 25.8 Å². The highest BCUT2D eigenvalue weighted by Crippen LogP contribution is 2.29. The third-order valence-electron chi connectivity index (χ3n) is 3.19. The molecule has 5 nitrogen and oxygen atoms in total. The van der Waals surface area contributed by atoms with Gasteiger partial charge in [-0.2, -0.15) is 0 Å². The van der Waals surface area contributed by atoms with E-state index in [9.17, 15) is 14.7 Å². The Labute approximate surface area is 106 Å². The second-order valence-corrected chi connectivity index (χ2v) is 4.53. The van der Waals surface area contributed by atoms with Crippen LogP contribution in [0.15, 0.2) is 23.1 Å². The van der Waals surface area contributed by atoms with Crippen molar-refractivity contribution in [2.24, 2.45) is 5.92 Å². The Morgan fingerprint density at radius 2 is 1.83 bits per heavy atom. The van der Waals surface area contributed by atoms with E-state index in [-0.39, 0.29) is 17.3 Å². The number of rotatable bonds is 5. The number of aliphatic carboxylic acids is 1. The number of nitrogens with one attached hydrogen (secondary N) is 1. The zero-order chi connectivity index (χ0) is 13.5. The molecule has 1 rings (SSSR count). The zero-order valence-electron chi connectivity index (χ0n) is 10.5. The summed E-state index contributed by atoms with van der Waals surface area (Å²) >= 11 is 0. The van der Waals surface area contributed by atoms with E-state index in [1.165, 1.54) is 13.0 Å². The normalized spacial score (nSPS) is 19.1. The molecule has 0 bridgehead atoms. The number of carbonyl (C=O) groups is 2. The van der Waals surface area contributed by atoms with Crippen LogP contribution >= 0.6 is 0 Å². The molecule has 1 fully saturated rings. The molecule has 0 unspecified atom stereocenters. The van der Waals surface area contributed by atoms with E-state index in [2.05, 4.69) is 5.32 Å². The largest absolute Gasteiger partial charge is 0.506 e. The van der Waals surface area contributed by atoms with Crippen LogP contribution in [0.4, 0.5) is 0 Å².